The summed E-state index contributed by atoms with van der Waals surface area (Å²) in [5.74, 6) is -0.721. The number of aromatic carboxylic acids is 1. The fourth-order valence-electron chi connectivity index (χ4n) is 1.91. The van der Waals surface area contributed by atoms with Crippen LogP contribution in [0.4, 0.5) is 0 Å². The summed E-state index contributed by atoms with van der Waals surface area (Å²) in [7, 11) is -2.69. The zero-order chi connectivity index (χ0) is 17.0. The average Bonchev–Trinajstić information content (AvgIpc) is 2.97. The zero-order valence-electron chi connectivity index (χ0n) is 12.7. The van der Waals surface area contributed by atoms with Gasteiger partial charge in [0.25, 0.3) is 10.0 Å². The minimum absolute atomic E-state index is 0.0516. The summed E-state index contributed by atoms with van der Waals surface area (Å²) in [6.07, 6.45) is 1.04. The van der Waals surface area contributed by atoms with Crippen molar-refractivity contribution >= 4 is 16.0 Å². The van der Waals surface area contributed by atoms with Gasteiger partial charge in [-0.05, 0) is 30.7 Å². The third-order valence-electron chi connectivity index (χ3n) is 3.17. The first-order valence-corrected chi connectivity index (χ1v) is 8.23. The molecule has 1 aromatic heterocycles. The molecule has 0 amide bonds. The maximum absolute atomic E-state index is 12.3. The maximum atomic E-state index is 12.3. The molecule has 0 radical (unpaired) electrons. The Morgan fingerprint density at radius 1 is 1.35 bits per heavy atom. The van der Waals surface area contributed by atoms with Crippen LogP contribution in [0, 0.1) is 6.92 Å². The quantitative estimate of drug-likeness (QED) is 0.828. The van der Waals surface area contributed by atoms with Gasteiger partial charge in [-0.3, -0.25) is 0 Å². The van der Waals surface area contributed by atoms with Crippen molar-refractivity contribution in [3.63, 3.8) is 0 Å². The Morgan fingerprint density at radius 2 is 2.09 bits per heavy atom. The average molecular weight is 339 g/mol. The van der Waals surface area contributed by atoms with E-state index in [2.05, 4.69) is 0 Å². The van der Waals surface area contributed by atoms with E-state index in [-0.39, 0.29) is 13.2 Å². The SMILES string of the molecule is Cc1cccc(OCCN(C)S(=O)(=O)c2occc2C(=O)O)c1. The van der Waals surface area contributed by atoms with Crippen LogP contribution in [0.25, 0.3) is 0 Å². The Morgan fingerprint density at radius 3 is 2.74 bits per heavy atom. The molecule has 0 saturated carbocycles. The number of hydrogen-bond acceptors (Lipinski definition) is 5. The lowest BCUT2D eigenvalue weighted by atomic mass is 10.2. The molecule has 0 unspecified atom stereocenters. The third-order valence-corrected chi connectivity index (χ3v) is 4.96. The fourth-order valence-corrected chi connectivity index (χ4v) is 3.12. The van der Waals surface area contributed by atoms with Crippen molar-refractivity contribution in [1.29, 1.82) is 0 Å². The largest absolute Gasteiger partial charge is 0.492 e. The summed E-state index contributed by atoms with van der Waals surface area (Å²) in [4.78, 5) is 11.0. The summed E-state index contributed by atoms with van der Waals surface area (Å²) in [5, 5.41) is 8.40. The molecule has 2 aromatic rings. The van der Waals surface area contributed by atoms with Crippen molar-refractivity contribution in [3.8, 4) is 5.75 Å². The smallest absolute Gasteiger partial charge is 0.340 e. The van der Waals surface area contributed by atoms with Gasteiger partial charge >= 0.3 is 5.97 Å². The van der Waals surface area contributed by atoms with Gasteiger partial charge in [0, 0.05) is 13.6 Å². The Labute approximate surface area is 134 Å². The monoisotopic (exact) mass is 339 g/mol. The van der Waals surface area contributed by atoms with Crippen LogP contribution < -0.4 is 4.74 Å². The lowest BCUT2D eigenvalue weighted by molar-refractivity contribution is 0.0689. The Bertz CT molecular complexity index is 796. The third kappa shape index (κ3) is 3.91. The van der Waals surface area contributed by atoms with Crippen molar-refractivity contribution in [2.45, 2.75) is 12.0 Å². The molecule has 23 heavy (non-hydrogen) atoms. The first kappa shape index (κ1) is 17.0. The van der Waals surface area contributed by atoms with Gasteiger partial charge in [-0.25, -0.2) is 13.2 Å². The summed E-state index contributed by atoms with van der Waals surface area (Å²) in [6.45, 7) is 2.10. The van der Waals surface area contributed by atoms with E-state index >= 15 is 0 Å². The van der Waals surface area contributed by atoms with Crippen LogP contribution in [-0.2, 0) is 10.0 Å². The molecule has 0 saturated heterocycles. The van der Waals surface area contributed by atoms with Crippen molar-refractivity contribution in [2.75, 3.05) is 20.2 Å². The van der Waals surface area contributed by atoms with Gasteiger partial charge in [-0.15, -0.1) is 0 Å². The molecule has 0 aliphatic rings. The molecule has 1 aromatic carbocycles. The summed E-state index contributed by atoms with van der Waals surface area (Å²) < 4.78 is 36.0. The van der Waals surface area contributed by atoms with E-state index in [0.717, 1.165) is 22.2 Å². The number of carboxylic acid groups (broad SMARTS) is 1. The molecule has 0 aliphatic heterocycles. The Kier molecular flexibility index (Phi) is 5.07. The minimum Gasteiger partial charge on any atom is -0.492 e. The second-order valence-corrected chi connectivity index (χ2v) is 6.86. The Hall–Kier alpha value is -2.32. The molecule has 0 fully saturated rings. The van der Waals surface area contributed by atoms with Crippen LogP contribution in [0.3, 0.4) is 0 Å². The number of carboxylic acids is 1. The highest BCUT2D eigenvalue weighted by molar-refractivity contribution is 7.89. The topological polar surface area (TPSA) is 97.0 Å². The standard InChI is InChI=1S/C15H17NO6S/c1-11-4-3-5-12(10-11)21-9-7-16(2)23(19,20)15-13(14(17)18)6-8-22-15/h3-6,8,10H,7,9H2,1-2H3,(H,17,18). The highest BCUT2D eigenvalue weighted by Gasteiger charge is 2.30. The second-order valence-electron chi connectivity index (χ2n) is 4.92. The van der Waals surface area contributed by atoms with E-state index in [0.29, 0.717) is 5.75 Å². The van der Waals surface area contributed by atoms with Crippen LogP contribution in [0.15, 0.2) is 46.1 Å². The molecule has 0 atom stereocenters. The highest BCUT2D eigenvalue weighted by Crippen LogP contribution is 2.20. The number of furan rings is 1. The molecule has 2 rings (SSSR count). The number of nitrogens with zero attached hydrogens (tertiary/aromatic N) is 1. The molecule has 0 spiro atoms. The van der Waals surface area contributed by atoms with Crippen molar-refractivity contribution in [2.24, 2.45) is 0 Å². The van der Waals surface area contributed by atoms with Crippen LogP contribution in [0.5, 0.6) is 5.75 Å². The minimum atomic E-state index is -4.03. The molecule has 0 aliphatic carbocycles. The number of carbonyl (C=O) groups is 1. The highest BCUT2D eigenvalue weighted by atomic mass is 32.2. The van der Waals surface area contributed by atoms with E-state index < -0.39 is 26.6 Å². The van der Waals surface area contributed by atoms with Gasteiger partial charge in [-0.2, -0.15) is 4.31 Å². The van der Waals surface area contributed by atoms with Crippen LogP contribution in [-0.4, -0.2) is 44.0 Å². The fraction of sp³-hybridized carbons (Fsp3) is 0.267. The Balaban J connectivity index is 2.03. The molecule has 124 valence electrons. The first-order valence-electron chi connectivity index (χ1n) is 6.79. The van der Waals surface area contributed by atoms with Gasteiger partial charge in [0.2, 0.25) is 5.09 Å². The summed E-state index contributed by atoms with van der Waals surface area (Å²) >= 11 is 0. The lowest BCUT2D eigenvalue weighted by Crippen LogP contribution is -2.31. The predicted octanol–water partition coefficient (Wildman–Crippen LogP) is 1.99. The summed E-state index contributed by atoms with van der Waals surface area (Å²) in [5.41, 5.74) is 0.640. The van der Waals surface area contributed by atoms with Gasteiger partial charge in [0.1, 0.15) is 17.9 Å². The zero-order valence-corrected chi connectivity index (χ0v) is 13.5. The van der Waals surface area contributed by atoms with E-state index in [9.17, 15) is 13.2 Å². The van der Waals surface area contributed by atoms with Crippen molar-refractivity contribution in [1.82, 2.24) is 4.31 Å². The molecular formula is C15H17NO6S. The maximum Gasteiger partial charge on any atom is 0.340 e. The van der Waals surface area contributed by atoms with E-state index in [4.69, 9.17) is 14.3 Å². The second kappa shape index (κ2) is 6.84. The number of ether oxygens (including phenoxy) is 1. The van der Waals surface area contributed by atoms with E-state index in [1.165, 1.54) is 7.05 Å². The number of benzene rings is 1. The molecule has 0 bridgehead atoms. The van der Waals surface area contributed by atoms with Gasteiger partial charge in [0.05, 0.1) is 6.26 Å². The van der Waals surface area contributed by atoms with E-state index in [1.54, 1.807) is 6.07 Å². The number of hydrogen-bond donors (Lipinski definition) is 1. The van der Waals surface area contributed by atoms with Gasteiger partial charge in [0.15, 0.2) is 0 Å². The predicted molar refractivity (Wildman–Crippen MR) is 82.2 cm³/mol. The molecule has 8 heteroatoms. The van der Waals surface area contributed by atoms with Gasteiger partial charge < -0.3 is 14.3 Å². The van der Waals surface area contributed by atoms with Crippen LogP contribution in [0.1, 0.15) is 15.9 Å². The van der Waals surface area contributed by atoms with Crippen LogP contribution in [0.2, 0.25) is 0 Å². The van der Waals surface area contributed by atoms with Crippen molar-refractivity contribution in [3.05, 3.63) is 47.7 Å². The molecule has 7 nitrogen and oxygen atoms in total. The normalized spacial score (nSPS) is 11.6. The van der Waals surface area contributed by atoms with E-state index in [1.807, 2.05) is 25.1 Å². The summed E-state index contributed by atoms with van der Waals surface area (Å²) in [6, 6.07) is 8.48. The molecule has 1 heterocycles. The number of likely N-dealkylation sites (N-methyl/N-ethyl adjacent to an activating group) is 1. The molecular weight excluding hydrogens is 322 g/mol. The van der Waals surface area contributed by atoms with Crippen LogP contribution >= 0.6 is 0 Å². The number of aryl methyl sites for hydroxylation is 1. The lowest BCUT2D eigenvalue weighted by Gasteiger charge is -2.16. The first-order chi connectivity index (χ1) is 10.8. The molecule has 1 N–H and O–H groups in total. The van der Waals surface area contributed by atoms with Gasteiger partial charge in [-0.1, -0.05) is 12.1 Å². The number of rotatable bonds is 7. The number of sulfonamides is 1. The van der Waals surface area contributed by atoms with Crippen molar-refractivity contribution < 1.29 is 27.5 Å².